The predicted molar refractivity (Wildman–Crippen MR) is 77.9 cm³/mol. The van der Waals surface area contributed by atoms with Crippen molar-refractivity contribution in [2.75, 3.05) is 13.8 Å². The number of hydrogen-bond donors (Lipinski definition) is 1. The third-order valence-electron chi connectivity index (χ3n) is 3.26. The van der Waals surface area contributed by atoms with Crippen molar-refractivity contribution in [1.29, 1.82) is 0 Å². The van der Waals surface area contributed by atoms with Crippen LogP contribution in [0, 0.1) is 0 Å². The van der Waals surface area contributed by atoms with E-state index in [1.54, 1.807) is 12.1 Å². The summed E-state index contributed by atoms with van der Waals surface area (Å²) in [5.41, 5.74) is 1.14. The molecular formula is C13H16ClNO5S. The van der Waals surface area contributed by atoms with E-state index in [1.165, 1.54) is 14.0 Å². The first-order valence-electron chi connectivity index (χ1n) is 6.30. The molecule has 0 fully saturated rings. The standard InChI is InChI=1S/C13H16ClNO5S/c1-8(13(16)15-2)21(17,18)6-10-4-11(14)3-9-5-19-7-20-12(9)10/h3-4,8H,5-7H2,1-2H3,(H,15,16)/t8-/m0/s1. The number of rotatable bonds is 4. The quantitative estimate of drug-likeness (QED) is 0.897. The van der Waals surface area contributed by atoms with Gasteiger partial charge in [0.25, 0.3) is 0 Å². The van der Waals surface area contributed by atoms with Gasteiger partial charge in [0.2, 0.25) is 5.91 Å². The Morgan fingerprint density at radius 1 is 1.48 bits per heavy atom. The Hall–Kier alpha value is -1.31. The Balaban J connectivity index is 2.35. The maximum atomic E-state index is 12.3. The molecule has 1 amide bonds. The lowest BCUT2D eigenvalue weighted by Gasteiger charge is -2.21. The van der Waals surface area contributed by atoms with Gasteiger partial charge in [-0.15, -0.1) is 0 Å². The molecule has 21 heavy (non-hydrogen) atoms. The SMILES string of the molecule is CNC(=O)[C@H](C)S(=O)(=O)Cc1cc(Cl)cc2c1OCOC2. The molecule has 6 nitrogen and oxygen atoms in total. The molecule has 1 N–H and O–H groups in total. The average Bonchev–Trinajstić information content (AvgIpc) is 2.45. The van der Waals surface area contributed by atoms with Gasteiger partial charge < -0.3 is 14.8 Å². The summed E-state index contributed by atoms with van der Waals surface area (Å²) in [6, 6.07) is 3.22. The van der Waals surface area contributed by atoms with E-state index in [1.807, 2.05) is 0 Å². The molecule has 116 valence electrons. The van der Waals surface area contributed by atoms with Crippen molar-refractivity contribution in [3.05, 3.63) is 28.3 Å². The topological polar surface area (TPSA) is 81.7 Å². The molecular weight excluding hydrogens is 318 g/mol. The van der Waals surface area contributed by atoms with Crippen molar-refractivity contribution >= 4 is 27.3 Å². The van der Waals surface area contributed by atoms with E-state index < -0.39 is 21.0 Å². The number of ether oxygens (including phenoxy) is 2. The van der Waals surface area contributed by atoms with Crippen molar-refractivity contribution in [3.63, 3.8) is 0 Å². The summed E-state index contributed by atoms with van der Waals surface area (Å²) in [4.78, 5) is 11.5. The van der Waals surface area contributed by atoms with Gasteiger partial charge in [0, 0.05) is 23.2 Å². The molecule has 0 saturated carbocycles. The van der Waals surface area contributed by atoms with E-state index >= 15 is 0 Å². The second-order valence-corrected chi connectivity index (χ2v) is 7.49. The zero-order valence-corrected chi connectivity index (χ0v) is 13.3. The maximum Gasteiger partial charge on any atom is 0.237 e. The molecule has 8 heteroatoms. The van der Waals surface area contributed by atoms with Crippen molar-refractivity contribution in [1.82, 2.24) is 5.32 Å². The number of benzene rings is 1. The molecule has 0 saturated heterocycles. The van der Waals surface area contributed by atoms with Crippen molar-refractivity contribution in [3.8, 4) is 5.75 Å². The second-order valence-electron chi connectivity index (χ2n) is 4.73. The molecule has 2 rings (SSSR count). The lowest BCUT2D eigenvalue weighted by atomic mass is 10.1. The molecule has 1 atom stereocenters. The van der Waals surface area contributed by atoms with E-state index in [4.69, 9.17) is 21.1 Å². The van der Waals surface area contributed by atoms with Crippen LogP contribution in [0.1, 0.15) is 18.1 Å². The van der Waals surface area contributed by atoms with Crippen LogP contribution in [0.3, 0.4) is 0 Å². The third-order valence-corrected chi connectivity index (χ3v) is 5.49. The first-order chi connectivity index (χ1) is 9.85. The number of sulfone groups is 1. The van der Waals surface area contributed by atoms with E-state index in [0.29, 0.717) is 28.5 Å². The molecule has 0 bridgehead atoms. The highest BCUT2D eigenvalue weighted by Gasteiger charge is 2.29. The maximum absolute atomic E-state index is 12.3. The predicted octanol–water partition coefficient (Wildman–Crippen LogP) is 1.26. The molecule has 0 aliphatic carbocycles. The number of halogens is 1. The van der Waals surface area contributed by atoms with Crippen LogP contribution >= 0.6 is 11.6 Å². The van der Waals surface area contributed by atoms with Gasteiger partial charge in [0.05, 0.1) is 12.4 Å². The van der Waals surface area contributed by atoms with Crippen LogP contribution in [0.25, 0.3) is 0 Å². The monoisotopic (exact) mass is 333 g/mol. The number of carbonyl (C=O) groups excluding carboxylic acids is 1. The second kappa shape index (κ2) is 6.21. The molecule has 0 unspecified atom stereocenters. The number of carbonyl (C=O) groups is 1. The van der Waals surface area contributed by atoms with Crippen LogP contribution < -0.4 is 10.1 Å². The average molecular weight is 334 g/mol. The highest BCUT2D eigenvalue weighted by atomic mass is 35.5. The van der Waals surface area contributed by atoms with Crippen LogP contribution in [0.5, 0.6) is 5.75 Å². The molecule has 0 spiro atoms. The molecule has 1 aromatic carbocycles. The number of hydrogen-bond acceptors (Lipinski definition) is 5. The smallest absolute Gasteiger partial charge is 0.237 e. The summed E-state index contributed by atoms with van der Waals surface area (Å²) < 4.78 is 35.1. The normalized spacial score (nSPS) is 15.8. The molecule has 0 aromatic heterocycles. The molecule has 1 aliphatic rings. The summed E-state index contributed by atoms with van der Waals surface area (Å²) in [6.07, 6.45) is 0. The molecule has 0 radical (unpaired) electrons. The highest BCUT2D eigenvalue weighted by molar-refractivity contribution is 7.92. The highest BCUT2D eigenvalue weighted by Crippen LogP contribution is 2.33. The molecule has 1 aromatic rings. The van der Waals surface area contributed by atoms with Crippen LogP contribution in [0.4, 0.5) is 0 Å². The fourth-order valence-electron chi connectivity index (χ4n) is 2.07. The molecule has 1 aliphatic heterocycles. The van der Waals surface area contributed by atoms with Crippen molar-refractivity contribution < 1.29 is 22.7 Å². The number of fused-ring (bicyclic) bond motifs is 1. The summed E-state index contributed by atoms with van der Waals surface area (Å²) in [5.74, 6) is -0.390. The summed E-state index contributed by atoms with van der Waals surface area (Å²) >= 11 is 5.99. The lowest BCUT2D eigenvalue weighted by molar-refractivity contribution is -0.119. The molecule has 1 heterocycles. The van der Waals surface area contributed by atoms with Crippen LogP contribution in [-0.2, 0) is 31.7 Å². The fourth-order valence-corrected chi connectivity index (χ4v) is 3.68. The lowest BCUT2D eigenvalue weighted by Crippen LogP contribution is -2.36. The zero-order valence-electron chi connectivity index (χ0n) is 11.7. The zero-order chi connectivity index (χ0) is 15.6. The Labute approximate surface area is 128 Å². The minimum atomic E-state index is -3.67. The van der Waals surface area contributed by atoms with Crippen molar-refractivity contribution in [2.45, 2.75) is 24.5 Å². The van der Waals surface area contributed by atoms with Gasteiger partial charge in [-0.3, -0.25) is 4.79 Å². The Kier molecular flexibility index (Phi) is 4.75. The Morgan fingerprint density at radius 2 is 2.19 bits per heavy atom. The summed E-state index contributed by atoms with van der Waals surface area (Å²) in [5, 5.41) is 1.60. The Bertz CT molecular complexity index is 659. The van der Waals surface area contributed by atoms with Gasteiger partial charge in [-0.25, -0.2) is 8.42 Å². The van der Waals surface area contributed by atoms with E-state index in [9.17, 15) is 13.2 Å². The van der Waals surface area contributed by atoms with Crippen LogP contribution in [0.2, 0.25) is 5.02 Å². The van der Waals surface area contributed by atoms with E-state index in [2.05, 4.69) is 5.32 Å². The largest absolute Gasteiger partial charge is 0.467 e. The summed E-state index contributed by atoms with van der Waals surface area (Å²) in [7, 11) is -2.27. The van der Waals surface area contributed by atoms with E-state index in [0.717, 1.165) is 0 Å². The van der Waals surface area contributed by atoms with Gasteiger partial charge >= 0.3 is 0 Å². The minimum Gasteiger partial charge on any atom is -0.467 e. The summed E-state index contributed by atoms with van der Waals surface area (Å²) in [6.45, 7) is 1.73. The third kappa shape index (κ3) is 3.48. The number of nitrogens with one attached hydrogen (secondary N) is 1. The fraction of sp³-hybridized carbons (Fsp3) is 0.462. The first-order valence-corrected chi connectivity index (χ1v) is 8.39. The van der Waals surface area contributed by atoms with Gasteiger partial charge in [-0.1, -0.05) is 11.6 Å². The first kappa shape index (κ1) is 16.1. The van der Waals surface area contributed by atoms with Gasteiger partial charge in [0.15, 0.2) is 16.6 Å². The van der Waals surface area contributed by atoms with Gasteiger partial charge in [-0.2, -0.15) is 0 Å². The number of amides is 1. The minimum absolute atomic E-state index is 0.0622. The van der Waals surface area contributed by atoms with Gasteiger partial charge in [0.1, 0.15) is 11.0 Å². The van der Waals surface area contributed by atoms with Crippen LogP contribution in [0.15, 0.2) is 12.1 Å². The Morgan fingerprint density at radius 3 is 2.86 bits per heavy atom. The van der Waals surface area contributed by atoms with Crippen molar-refractivity contribution in [2.24, 2.45) is 0 Å². The van der Waals surface area contributed by atoms with E-state index in [-0.39, 0.29) is 12.5 Å². The van der Waals surface area contributed by atoms with Gasteiger partial charge in [-0.05, 0) is 19.1 Å². The van der Waals surface area contributed by atoms with Crippen LogP contribution in [-0.4, -0.2) is 33.4 Å².